The van der Waals surface area contributed by atoms with Crippen LogP contribution < -0.4 is 4.74 Å². The summed E-state index contributed by atoms with van der Waals surface area (Å²) in [6.07, 6.45) is 0. The Kier molecular flexibility index (Phi) is 4.19. The van der Waals surface area contributed by atoms with Crippen LogP contribution >= 0.6 is 22.6 Å². The van der Waals surface area contributed by atoms with Crippen molar-refractivity contribution in [3.8, 4) is 5.75 Å². The second kappa shape index (κ2) is 5.86. The topological polar surface area (TPSA) is 41.8 Å². The number of halogens is 1. The molecule has 0 aliphatic heterocycles. The molecule has 0 amide bonds. The molecule has 0 atom stereocenters. The molecule has 1 N–H and O–H groups in total. The largest absolute Gasteiger partial charge is 0.497 e. The van der Waals surface area contributed by atoms with Gasteiger partial charge in [-0.05, 0) is 52.9 Å². The van der Waals surface area contributed by atoms with Crippen LogP contribution in [0.5, 0.6) is 5.75 Å². The van der Waals surface area contributed by atoms with E-state index in [1.54, 1.807) is 7.11 Å². The molecule has 18 heavy (non-hydrogen) atoms. The van der Waals surface area contributed by atoms with Crippen molar-refractivity contribution < 1.29 is 9.94 Å². The van der Waals surface area contributed by atoms with Crippen molar-refractivity contribution in [2.75, 3.05) is 7.11 Å². The molecule has 0 spiro atoms. The number of methoxy groups -OCH3 is 1. The fraction of sp³-hybridized carbons (Fsp3) is 0.0714. The van der Waals surface area contributed by atoms with Crippen LogP contribution in [-0.2, 0) is 0 Å². The molecule has 0 fully saturated rings. The van der Waals surface area contributed by atoms with Crippen molar-refractivity contribution in [2.45, 2.75) is 0 Å². The van der Waals surface area contributed by atoms with Crippen molar-refractivity contribution in [3.63, 3.8) is 0 Å². The minimum absolute atomic E-state index is 0.558. The SMILES string of the molecule is COc1ccc(/C(=N\O)c2ccccc2I)cc1. The first kappa shape index (κ1) is 12.9. The van der Waals surface area contributed by atoms with Crippen LogP contribution in [0.1, 0.15) is 11.1 Å². The van der Waals surface area contributed by atoms with Crippen LogP contribution in [0.2, 0.25) is 0 Å². The maximum atomic E-state index is 9.24. The van der Waals surface area contributed by atoms with Gasteiger partial charge in [-0.2, -0.15) is 0 Å². The number of hydrogen-bond acceptors (Lipinski definition) is 3. The lowest BCUT2D eigenvalue weighted by Crippen LogP contribution is -2.05. The molecule has 0 radical (unpaired) electrons. The Morgan fingerprint density at radius 1 is 1.11 bits per heavy atom. The van der Waals surface area contributed by atoms with E-state index in [2.05, 4.69) is 27.7 Å². The van der Waals surface area contributed by atoms with E-state index < -0.39 is 0 Å². The van der Waals surface area contributed by atoms with Crippen molar-refractivity contribution in [2.24, 2.45) is 5.16 Å². The minimum atomic E-state index is 0.558. The van der Waals surface area contributed by atoms with E-state index in [9.17, 15) is 5.21 Å². The molecular weight excluding hydrogens is 341 g/mol. The van der Waals surface area contributed by atoms with Crippen molar-refractivity contribution in [1.29, 1.82) is 0 Å². The summed E-state index contributed by atoms with van der Waals surface area (Å²) in [5.41, 5.74) is 2.32. The van der Waals surface area contributed by atoms with Crippen LogP contribution in [0.15, 0.2) is 53.7 Å². The number of ether oxygens (including phenoxy) is 1. The van der Waals surface area contributed by atoms with E-state index in [0.29, 0.717) is 5.71 Å². The van der Waals surface area contributed by atoms with Gasteiger partial charge in [-0.15, -0.1) is 0 Å². The molecule has 2 aromatic carbocycles. The summed E-state index contributed by atoms with van der Waals surface area (Å²) < 4.78 is 6.15. The Balaban J connectivity index is 2.43. The zero-order valence-electron chi connectivity index (χ0n) is 9.80. The predicted octanol–water partition coefficient (Wildman–Crippen LogP) is 3.53. The quantitative estimate of drug-likeness (QED) is 0.397. The first-order valence-corrected chi connectivity index (χ1v) is 6.45. The van der Waals surface area contributed by atoms with Gasteiger partial charge < -0.3 is 9.94 Å². The van der Waals surface area contributed by atoms with Gasteiger partial charge in [0.2, 0.25) is 0 Å². The summed E-state index contributed by atoms with van der Waals surface area (Å²) in [7, 11) is 1.62. The normalized spacial score (nSPS) is 11.3. The third kappa shape index (κ3) is 2.64. The second-order valence-corrected chi connectivity index (χ2v) is 4.82. The summed E-state index contributed by atoms with van der Waals surface area (Å²) in [6, 6.07) is 15.2. The van der Waals surface area contributed by atoms with Crippen LogP contribution in [0.4, 0.5) is 0 Å². The molecule has 0 saturated heterocycles. The Labute approximate surface area is 119 Å². The smallest absolute Gasteiger partial charge is 0.118 e. The average molecular weight is 353 g/mol. The summed E-state index contributed by atoms with van der Waals surface area (Å²) in [5, 5.41) is 12.7. The first-order chi connectivity index (χ1) is 8.76. The van der Waals surface area contributed by atoms with Crippen LogP contribution in [-0.4, -0.2) is 18.0 Å². The van der Waals surface area contributed by atoms with Gasteiger partial charge in [-0.3, -0.25) is 0 Å². The Morgan fingerprint density at radius 2 is 1.78 bits per heavy atom. The van der Waals surface area contributed by atoms with Gasteiger partial charge in [-0.1, -0.05) is 23.4 Å². The molecule has 4 heteroatoms. The number of hydrogen-bond donors (Lipinski definition) is 1. The molecule has 2 rings (SSSR count). The predicted molar refractivity (Wildman–Crippen MR) is 79.6 cm³/mol. The van der Waals surface area contributed by atoms with Gasteiger partial charge >= 0.3 is 0 Å². The highest BCUT2D eigenvalue weighted by Crippen LogP contribution is 2.19. The number of nitrogens with zero attached hydrogens (tertiary/aromatic N) is 1. The van der Waals surface area contributed by atoms with Crippen molar-refractivity contribution in [3.05, 3.63) is 63.2 Å². The van der Waals surface area contributed by atoms with Gasteiger partial charge in [0.1, 0.15) is 11.5 Å². The Hall–Kier alpha value is -1.56. The molecule has 0 aliphatic rings. The lowest BCUT2D eigenvalue weighted by atomic mass is 10.0. The highest BCUT2D eigenvalue weighted by Gasteiger charge is 2.10. The van der Waals surface area contributed by atoms with E-state index in [0.717, 1.165) is 20.4 Å². The van der Waals surface area contributed by atoms with Crippen molar-refractivity contribution in [1.82, 2.24) is 0 Å². The second-order valence-electron chi connectivity index (χ2n) is 3.66. The van der Waals surface area contributed by atoms with E-state index in [1.807, 2.05) is 48.5 Å². The van der Waals surface area contributed by atoms with Crippen molar-refractivity contribution >= 4 is 28.3 Å². The summed E-state index contributed by atoms with van der Waals surface area (Å²) in [4.78, 5) is 0. The average Bonchev–Trinajstić information content (AvgIpc) is 2.42. The van der Waals surface area contributed by atoms with Gasteiger partial charge in [0, 0.05) is 14.7 Å². The zero-order chi connectivity index (χ0) is 13.0. The Bertz CT molecular complexity index is 564. The van der Waals surface area contributed by atoms with Gasteiger partial charge in [0.15, 0.2) is 0 Å². The number of rotatable bonds is 3. The third-order valence-electron chi connectivity index (χ3n) is 2.59. The van der Waals surface area contributed by atoms with Gasteiger partial charge in [0.05, 0.1) is 7.11 Å². The standard InChI is InChI=1S/C14H12INO2/c1-18-11-8-6-10(7-9-11)14(16-17)12-4-2-3-5-13(12)15/h2-9,17H,1H3/b16-14+. The third-order valence-corrected chi connectivity index (χ3v) is 3.53. The maximum absolute atomic E-state index is 9.24. The molecule has 0 unspecified atom stereocenters. The summed E-state index contributed by atoms with van der Waals surface area (Å²) >= 11 is 2.22. The van der Waals surface area contributed by atoms with E-state index in [4.69, 9.17) is 4.74 Å². The van der Waals surface area contributed by atoms with Crippen LogP contribution in [0.25, 0.3) is 0 Å². The van der Waals surface area contributed by atoms with E-state index in [-0.39, 0.29) is 0 Å². The molecule has 0 aromatic heterocycles. The molecule has 3 nitrogen and oxygen atoms in total. The summed E-state index contributed by atoms with van der Waals surface area (Å²) in [5.74, 6) is 0.777. The van der Waals surface area contributed by atoms with E-state index in [1.165, 1.54) is 0 Å². The Morgan fingerprint density at radius 3 is 2.33 bits per heavy atom. The first-order valence-electron chi connectivity index (χ1n) is 5.37. The fourth-order valence-electron chi connectivity index (χ4n) is 1.67. The molecular formula is C14H12INO2. The molecule has 0 saturated carbocycles. The molecule has 0 bridgehead atoms. The highest BCUT2D eigenvalue weighted by molar-refractivity contribution is 14.1. The summed E-state index contributed by atoms with van der Waals surface area (Å²) in [6.45, 7) is 0. The van der Waals surface area contributed by atoms with E-state index >= 15 is 0 Å². The monoisotopic (exact) mass is 353 g/mol. The fourth-order valence-corrected chi connectivity index (χ4v) is 2.31. The lowest BCUT2D eigenvalue weighted by Gasteiger charge is -2.08. The number of benzene rings is 2. The highest BCUT2D eigenvalue weighted by atomic mass is 127. The zero-order valence-corrected chi connectivity index (χ0v) is 12.0. The molecule has 0 aliphatic carbocycles. The van der Waals surface area contributed by atoms with Gasteiger partial charge in [0.25, 0.3) is 0 Å². The van der Waals surface area contributed by atoms with Gasteiger partial charge in [-0.25, -0.2) is 0 Å². The van der Waals surface area contributed by atoms with Crippen LogP contribution in [0, 0.1) is 3.57 Å². The molecule has 92 valence electrons. The lowest BCUT2D eigenvalue weighted by molar-refractivity contribution is 0.319. The number of oxime groups is 1. The molecule has 0 heterocycles. The molecule has 2 aromatic rings. The minimum Gasteiger partial charge on any atom is -0.497 e. The van der Waals surface area contributed by atoms with Crippen LogP contribution in [0.3, 0.4) is 0 Å². The maximum Gasteiger partial charge on any atom is 0.118 e.